The smallest absolute Gasteiger partial charge is 0.220 e. The predicted molar refractivity (Wildman–Crippen MR) is 77.4 cm³/mol. The Kier molecular flexibility index (Phi) is 5.12. The zero-order chi connectivity index (χ0) is 14.2. The minimum Gasteiger partial charge on any atom is -0.497 e. The van der Waals surface area contributed by atoms with Crippen molar-refractivity contribution in [2.45, 2.75) is 19.4 Å². The minimum atomic E-state index is 0.0534. The fourth-order valence-electron chi connectivity index (χ4n) is 1.84. The molecule has 0 aliphatic heterocycles. The van der Waals surface area contributed by atoms with Gasteiger partial charge in [0.15, 0.2) is 0 Å². The second-order valence-electron chi connectivity index (χ2n) is 4.48. The lowest BCUT2D eigenvalue weighted by molar-refractivity contribution is -0.121. The van der Waals surface area contributed by atoms with Gasteiger partial charge in [-0.1, -0.05) is 12.1 Å². The van der Waals surface area contributed by atoms with E-state index in [-0.39, 0.29) is 5.91 Å². The maximum atomic E-state index is 11.8. The Hall–Kier alpha value is -2.36. The number of benzene rings is 1. The zero-order valence-corrected chi connectivity index (χ0v) is 11.5. The first-order chi connectivity index (χ1) is 9.78. The van der Waals surface area contributed by atoms with Gasteiger partial charge in [0.05, 0.1) is 7.11 Å². The molecule has 1 heterocycles. The van der Waals surface area contributed by atoms with E-state index in [1.807, 2.05) is 36.4 Å². The Balaban J connectivity index is 1.74. The molecule has 1 N–H and O–H groups in total. The van der Waals surface area contributed by atoms with E-state index >= 15 is 0 Å². The number of hydrogen-bond acceptors (Lipinski definition) is 3. The molecule has 0 radical (unpaired) electrons. The van der Waals surface area contributed by atoms with Crippen LogP contribution in [0.2, 0.25) is 0 Å². The lowest BCUT2D eigenvalue weighted by atomic mass is 10.1. The molecule has 0 saturated carbocycles. The lowest BCUT2D eigenvalue weighted by Crippen LogP contribution is -2.22. The van der Waals surface area contributed by atoms with Crippen LogP contribution in [-0.2, 0) is 17.8 Å². The molecule has 4 heteroatoms. The number of rotatable bonds is 6. The highest BCUT2D eigenvalue weighted by Gasteiger charge is 2.02. The fraction of sp³-hybridized carbons (Fsp3) is 0.250. The number of hydrogen-bond donors (Lipinski definition) is 1. The summed E-state index contributed by atoms with van der Waals surface area (Å²) in [6.45, 7) is 0.546. The van der Waals surface area contributed by atoms with Crippen molar-refractivity contribution in [1.29, 1.82) is 0 Å². The van der Waals surface area contributed by atoms with Crippen molar-refractivity contribution < 1.29 is 9.53 Å². The summed E-state index contributed by atoms with van der Waals surface area (Å²) in [4.78, 5) is 15.7. The van der Waals surface area contributed by atoms with Crippen molar-refractivity contribution in [1.82, 2.24) is 10.3 Å². The van der Waals surface area contributed by atoms with E-state index in [2.05, 4.69) is 10.3 Å². The third-order valence-corrected chi connectivity index (χ3v) is 3.04. The lowest BCUT2D eigenvalue weighted by Gasteiger charge is -2.06. The van der Waals surface area contributed by atoms with Gasteiger partial charge in [0.1, 0.15) is 5.75 Å². The first kappa shape index (κ1) is 14.1. The molecule has 1 amide bonds. The summed E-state index contributed by atoms with van der Waals surface area (Å²) in [5.74, 6) is 0.883. The molecule has 0 atom stereocenters. The summed E-state index contributed by atoms with van der Waals surface area (Å²) < 4.78 is 5.10. The Bertz CT molecular complexity index is 538. The molecule has 4 nitrogen and oxygen atoms in total. The van der Waals surface area contributed by atoms with Crippen LogP contribution < -0.4 is 10.1 Å². The summed E-state index contributed by atoms with van der Waals surface area (Å²) in [6.07, 6.45) is 4.65. The van der Waals surface area contributed by atoms with Crippen molar-refractivity contribution >= 4 is 5.91 Å². The van der Waals surface area contributed by atoms with Crippen LogP contribution in [0, 0.1) is 0 Å². The van der Waals surface area contributed by atoms with Crippen LogP contribution in [0.3, 0.4) is 0 Å². The van der Waals surface area contributed by atoms with Crippen molar-refractivity contribution in [3.05, 3.63) is 59.9 Å². The number of aryl methyl sites for hydroxylation is 1. The molecule has 1 aromatic carbocycles. The molecule has 2 aromatic rings. The topological polar surface area (TPSA) is 51.2 Å². The van der Waals surface area contributed by atoms with Gasteiger partial charge in [0.25, 0.3) is 0 Å². The summed E-state index contributed by atoms with van der Waals surface area (Å²) in [5.41, 5.74) is 2.18. The first-order valence-corrected chi connectivity index (χ1v) is 6.56. The number of nitrogens with zero attached hydrogens (tertiary/aromatic N) is 1. The van der Waals surface area contributed by atoms with Crippen LogP contribution in [0.25, 0.3) is 0 Å². The van der Waals surface area contributed by atoms with Gasteiger partial charge in [0.2, 0.25) is 5.91 Å². The van der Waals surface area contributed by atoms with Crippen molar-refractivity contribution in [2.75, 3.05) is 7.11 Å². The van der Waals surface area contributed by atoms with Gasteiger partial charge < -0.3 is 10.1 Å². The highest BCUT2D eigenvalue weighted by molar-refractivity contribution is 5.76. The molecule has 2 rings (SSSR count). The van der Waals surface area contributed by atoms with Gasteiger partial charge in [-0.15, -0.1) is 0 Å². The molecule has 1 aromatic heterocycles. The van der Waals surface area contributed by atoms with E-state index in [0.29, 0.717) is 13.0 Å². The number of nitrogens with one attached hydrogen (secondary N) is 1. The Labute approximate surface area is 118 Å². The minimum absolute atomic E-state index is 0.0534. The molecule has 0 fully saturated rings. The maximum Gasteiger partial charge on any atom is 0.220 e. The maximum absolute atomic E-state index is 11.8. The van der Waals surface area contributed by atoms with Gasteiger partial charge in [0, 0.05) is 25.4 Å². The molecule has 0 spiro atoms. The van der Waals surface area contributed by atoms with Crippen LogP contribution in [0.15, 0.2) is 48.8 Å². The first-order valence-electron chi connectivity index (χ1n) is 6.56. The Morgan fingerprint density at radius 2 is 1.80 bits per heavy atom. The molecule has 0 aliphatic carbocycles. The standard InChI is InChI=1S/C16H18N2O2/c1-20-15-5-2-13(3-6-15)4-7-16(19)18-12-14-8-10-17-11-9-14/h2-3,5-6,8-11H,4,7,12H2,1H3,(H,18,19). The summed E-state index contributed by atoms with van der Waals surface area (Å²) in [6, 6.07) is 11.6. The monoisotopic (exact) mass is 270 g/mol. The molecular weight excluding hydrogens is 252 g/mol. The van der Waals surface area contributed by atoms with Gasteiger partial charge in [-0.2, -0.15) is 0 Å². The van der Waals surface area contributed by atoms with Crippen LogP contribution in [0.5, 0.6) is 5.75 Å². The number of methoxy groups -OCH3 is 1. The van der Waals surface area contributed by atoms with Gasteiger partial charge in [-0.3, -0.25) is 9.78 Å². The molecule has 0 bridgehead atoms. The number of pyridine rings is 1. The molecule has 104 valence electrons. The fourth-order valence-corrected chi connectivity index (χ4v) is 1.84. The number of amides is 1. The van der Waals surface area contributed by atoms with Crippen molar-refractivity contribution in [3.8, 4) is 5.75 Å². The van der Waals surface area contributed by atoms with Crippen LogP contribution in [-0.4, -0.2) is 18.0 Å². The highest BCUT2D eigenvalue weighted by Crippen LogP contribution is 2.12. The molecule has 0 unspecified atom stereocenters. The predicted octanol–water partition coefficient (Wildman–Crippen LogP) is 2.34. The largest absolute Gasteiger partial charge is 0.497 e. The number of carbonyl (C=O) groups excluding carboxylic acids is 1. The number of ether oxygens (including phenoxy) is 1. The number of aromatic nitrogens is 1. The van der Waals surface area contributed by atoms with E-state index < -0.39 is 0 Å². The average Bonchev–Trinajstić information content (AvgIpc) is 2.52. The van der Waals surface area contributed by atoms with Gasteiger partial charge >= 0.3 is 0 Å². The van der Waals surface area contributed by atoms with Crippen molar-refractivity contribution in [2.24, 2.45) is 0 Å². The third kappa shape index (κ3) is 4.39. The van der Waals surface area contributed by atoms with Crippen LogP contribution in [0.1, 0.15) is 17.5 Å². The third-order valence-electron chi connectivity index (χ3n) is 3.04. The van der Waals surface area contributed by atoms with Gasteiger partial charge in [-0.25, -0.2) is 0 Å². The van der Waals surface area contributed by atoms with E-state index in [1.54, 1.807) is 19.5 Å². The summed E-state index contributed by atoms with van der Waals surface area (Å²) >= 11 is 0. The van der Waals surface area contributed by atoms with Crippen LogP contribution >= 0.6 is 0 Å². The summed E-state index contributed by atoms with van der Waals surface area (Å²) in [7, 11) is 1.64. The molecule has 20 heavy (non-hydrogen) atoms. The molecular formula is C16H18N2O2. The number of carbonyl (C=O) groups is 1. The molecule has 0 saturated heterocycles. The normalized spacial score (nSPS) is 10.1. The average molecular weight is 270 g/mol. The second-order valence-corrected chi connectivity index (χ2v) is 4.48. The van der Waals surface area contributed by atoms with Crippen LogP contribution in [0.4, 0.5) is 0 Å². The Morgan fingerprint density at radius 1 is 1.10 bits per heavy atom. The van der Waals surface area contributed by atoms with E-state index in [1.165, 1.54) is 0 Å². The zero-order valence-electron chi connectivity index (χ0n) is 11.5. The van der Waals surface area contributed by atoms with E-state index in [9.17, 15) is 4.79 Å². The van der Waals surface area contributed by atoms with Gasteiger partial charge in [-0.05, 0) is 41.8 Å². The SMILES string of the molecule is COc1ccc(CCC(=O)NCc2ccncc2)cc1. The quantitative estimate of drug-likeness (QED) is 0.876. The summed E-state index contributed by atoms with van der Waals surface area (Å²) in [5, 5.41) is 2.90. The Morgan fingerprint density at radius 3 is 2.45 bits per heavy atom. The molecule has 0 aliphatic rings. The van der Waals surface area contributed by atoms with Crippen molar-refractivity contribution in [3.63, 3.8) is 0 Å². The second kappa shape index (κ2) is 7.28. The highest BCUT2D eigenvalue weighted by atomic mass is 16.5. The van der Waals surface area contributed by atoms with E-state index in [4.69, 9.17) is 4.74 Å². The van der Waals surface area contributed by atoms with E-state index in [0.717, 1.165) is 23.3 Å².